The molecule has 154 valence electrons. The lowest BCUT2D eigenvalue weighted by atomic mass is 9.61. The first-order valence-electron chi connectivity index (χ1n) is 11.4. The number of para-hydroxylation sites is 2. The number of aryl methyl sites for hydroxylation is 1. The second kappa shape index (κ2) is 8.24. The molecule has 2 saturated carbocycles. The topological polar surface area (TPSA) is 53.6 Å². The second-order valence-electron chi connectivity index (χ2n) is 9.09. The maximum Gasteiger partial charge on any atom is 0.106 e. The maximum absolute atomic E-state index is 9.63. The van der Waals surface area contributed by atoms with Gasteiger partial charge in [0.1, 0.15) is 5.82 Å². The normalized spacial score (nSPS) is 26.5. The van der Waals surface area contributed by atoms with Gasteiger partial charge in [0.15, 0.2) is 0 Å². The summed E-state index contributed by atoms with van der Waals surface area (Å²) >= 11 is 0. The monoisotopic (exact) mass is 398 g/mol. The number of fused-ring (bicyclic) bond motifs is 2. The van der Waals surface area contributed by atoms with Crippen molar-refractivity contribution in [1.82, 2.24) is 14.9 Å². The Hall–Kier alpha value is -2.64. The smallest absolute Gasteiger partial charge is 0.106 e. The van der Waals surface area contributed by atoms with E-state index in [4.69, 9.17) is 4.98 Å². The quantitative estimate of drug-likeness (QED) is 0.608. The number of benzene rings is 2. The van der Waals surface area contributed by atoms with Gasteiger partial charge in [0.2, 0.25) is 0 Å². The number of imidazole rings is 1. The van der Waals surface area contributed by atoms with Crippen LogP contribution < -0.4 is 5.32 Å². The van der Waals surface area contributed by atoms with Gasteiger partial charge in [-0.3, -0.25) is 0 Å². The first kappa shape index (κ1) is 19.3. The number of hydrogen-bond acceptors (Lipinski definition) is 3. The highest BCUT2D eigenvalue weighted by atomic mass is 15.1. The largest absolute Gasteiger partial charge is 0.325 e. The van der Waals surface area contributed by atoms with Crippen molar-refractivity contribution in [1.29, 1.82) is 5.26 Å². The lowest BCUT2D eigenvalue weighted by Gasteiger charge is -2.49. The van der Waals surface area contributed by atoms with Gasteiger partial charge in [-0.25, -0.2) is 4.98 Å². The molecule has 1 heterocycles. The van der Waals surface area contributed by atoms with E-state index in [1.807, 2.05) is 18.2 Å². The van der Waals surface area contributed by atoms with Crippen LogP contribution >= 0.6 is 0 Å². The minimum atomic E-state index is -0.0323. The molecule has 30 heavy (non-hydrogen) atoms. The van der Waals surface area contributed by atoms with Gasteiger partial charge in [0.05, 0.1) is 23.0 Å². The number of aromatic nitrogens is 2. The minimum absolute atomic E-state index is 0.0323. The zero-order chi connectivity index (χ0) is 20.5. The molecule has 3 aromatic rings. The average molecular weight is 399 g/mol. The standard InChI is InChI=1S/C26H30N4/c1-18-29-24-9-5-6-10-26(24)30(18)22-15-20-11-12-23(20)25(16-22)28-14-13-21(17-27)19-7-3-2-4-8-19/h2-10,20-23,25,28H,11-16H2,1H3. The number of nitrogens with one attached hydrogen (secondary N) is 1. The van der Waals surface area contributed by atoms with Gasteiger partial charge in [0, 0.05) is 12.1 Å². The van der Waals surface area contributed by atoms with E-state index in [0.717, 1.165) is 48.1 Å². The van der Waals surface area contributed by atoms with Crippen molar-refractivity contribution in [2.75, 3.05) is 6.54 Å². The number of nitriles is 1. The fraction of sp³-hybridized carbons (Fsp3) is 0.462. The van der Waals surface area contributed by atoms with E-state index in [-0.39, 0.29) is 5.92 Å². The molecule has 2 fully saturated rings. The summed E-state index contributed by atoms with van der Waals surface area (Å²) in [5.41, 5.74) is 3.51. The van der Waals surface area contributed by atoms with E-state index in [2.05, 4.69) is 59.3 Å². The van der Waals surface area contributed by atoms with Gasteiger partial charge in [-0.15, -0.1) is 0 Å². The van der Waals surface area contributed by atoms with Crippen LogP contribution in [0.2, 0.25) is 0 Å². The molecule has 0 spiro atoms. The van der Waals surface area contributed by atoms with Gasteiger partial charge < -0.3 is 9.88 Å². The summed E-state index contributed by atoms with van der Waals surface area (Å²) in [6.45, 7) is 3.05. The van der Waals surface area contributed by atoms with Gasteiger partial charge in [-0.2, -0.15) is 5.26 Å². The SMILES string of the molecule is Cc1nc2ccccc2n1C1CC2CCC2C(NCCC(C#N)c2ccccc2)C1. The Morgan fingerprint density at radius 3 is 2.67 bits per heavy atom. The lowest BCUT2D eigenvalue weighted by molar-refractivity contribution is 0.0468. The van der Waals surface area contributed by atoms with Crippen LogP contribution in [0.15, 0.2) is 54.6 Å². The van der Waals surface area contributed by atoms with E-state index in [1.165, 1.54) is 24.8 Å². The Labute approximate surface area is 178 Å². The van der Waals surface area contributed by atoms with E-state index in [0.29, 0.717) is 12.1 Å². The Kier molecular flexibility index (Phi) is 5.31. The van der Waals surface area contributed by atoms with Gasteiger partial charge in [-0.1, -0.05) is 42.5 Å². The zero-order valence-corrected chi connectivity index (χ0v) is 17.7. The van der Waals surface area contributed by atoms with Crippen LogP contribution in [0, 0.1) is 30.1 Å². The first-order valence-corrected chi connectivity index (χ1v) is 11.4. The third-order valence-corrected chi connectivity index (χ3v) is 7.43. The molecule has 0 radical (unpaired) electrons. The molecular formula is C26H30N4. The highest BCUT2D eigenvalue weighted by molar-refractivity contribution is 5.76. The average Bonchev–Trinajstić information content (AvgIpc) is 3.09. The molecule has 2 aliphatic carbocycles. The predicted octanol–water partition coefficient (Wildman–Crippen LogP) is 5.36. The Balaban J connectivity index is 1.28. The summed E-state index contributed by atoms with van der Waals surface area (Å²) in [7, 11) is 0. The molecule has 4 heteroatoms. The second-order valence-corrected chi connectivity index (χ2v) is 9.09. The zero-order valence-electron chi connectivity index (χ0n) is 17.7. The van der Waals surface area contributed by atoms with Crippen LogP contribution in [-0.2, 0) is 0 Å². The summed E-state index contributed by atoms with van der Waals surface area (Å²) in [4.78, 5) is 4.81. The van der Waals surface area contributed by atoms with Crippen molar-refractivity contribution in [3.63, 3.8) is 0 Å². The Morgan fingerprint density at radius 2 is 1.90 bits per heavy atom. The molecule has 1 aromatic heterocycles. The molecule has 5 atom stereocenters. The third kappa shape index (κ3) is 3.52. The van der Waals surface area contributed by atoms with Crippen molar-refractivity contribution in [2.45, 2.75) is 57.0 Å². The van der Waals surface area contributed by atoms with Crippen molar-refractivity contribution >= 4 is 11.0 Å². The number of rotatable bonds is 6. The predicted molar refractivity (Wildman–Crippen MR) is 120 cm³/mol. The highest BCUT2D eigenvalue weighted by Crippen LogP contribution is 2.49. The van der Waals surface area contributed by atoms with Crippen LogP contribution in [0.1, 0.15) is 55.5 Å². The summed E-state index contributed by atoms with van der Waals surface area (Å²) in [5.74, 6) is 2.72. The molecule has 0 amide bonds. The maximum atomic E-state index is 9.63. The van der Waals surface area contributed by atoms with Crippen LogP contribution in [0.4, 0.5) is 0 Å². The molecule has 2 aromatic carbocycles. The molecular weight excluding hydrogens is 368 g/mol. The molecule has 4 nitrogen and oxygen atoms in total. The summed E-state index contributed by atoms with van der Waals surface area (Å²) in [5, 5.41) is 13.5. The molecule has 0 aliphatic heterocycles. The van der Waals surface area contributed by atoms with Crippen LogP contribution in [-0.4, -0.2) is 22.1 Å². The van der Waals surface area contributed by atoms with Crippen molar-refractivity contribution in [3.8, 4) is 6.07 Å². The Morgan fingerprint density at radius 1 is 1.10 bits per heavy atom. The number of nitrogens with zero attached hydrogens (tertiary/aromatic N) is 3. The van der Waals surface area contributed by atoms with Crippen molar-refractivity contribution < 1.29 is 0 Å². The third-order valence-electron chi connectivity index (χ3n) is 7.43. The van der Waals surface area contributed by atoms with E-state index >= 15 is 0 Å². The van der Waals surface area contributed by atoms with E-state index in [1.54, 1.807) is 0 Å². The van der Waals surface area contributed by atoms with Gasteiger partial charge in [-0.05, 0) is 75.1 Å². The summed E-state index contributed by atoms with van der Waals surface area (Å²) in [6.07, 6.45) is 6.00. The summed E-state index contributed by atoms with van der Waals surface area (Å²) in [6, 6.07) is 22.3. The lowest BCUT2D eigenvalue weighted by Crippen LogP contribution is -2.50. The molecule has 0 saturated heterocycles. The van der Waals surface area contributed by atoms with Gasteiger partial charge in [0.25, 0.3) is 0 Å². The van der Waals surface area contributed by atoms with Crippen LogP contribution in [0.3, 0.4) is 0 Å². The summed E-state index contributed by atoms with van der Waals surface area (Å²) < 4.78 is 2.49. The fourth-order valence-corrected chi connectivity index (χ4v) is 5.81. The first-order chi connectivity index (χ1) is 14.7. The number of hydrogen-bond donors (Lipinski definition) is 1. The molecule has 0 bridgehead atoms. The minimum Gasteiger partial charge on any atom is -0.325 e. The molecule has 5 unspecified atom stereocenters. The van der Waals surface area contributed by atoms with Crippen molar-refractivity contribution in [2.24, 2.45) is 11.8 Å². The van der Waals surface area contributed by atoms with Gasteiger partial charge >= 0.3 is 0 Å². The fourth-order valence-electron chi connectivity index (χ4n) is 5.81. The molecule has 5 rings (SSSR count). The van der Waals surface area contributed by atoms with E-state index < -0.39 is 0 Å². The Bertz CT molecular complexity index is 1050. The van der Waals surface area contributed by atoms with E-state index in [9.17, 15) is 5.26 Å². The van der Waals surface area contributed by atoms with Crippen molar-refractivity contribution in [3.05, 3.63) is 66.0 Å². The molecule has 2 aliphatic rings. The molecule has 1 N–H and O–H groups in total. The highest BCUT2D eigenvalue weighted by Gasteiger charge is 2.43. The van der Waals surface area contributed by atoms with Crippen LogP contribution in [0.25, 0.3) is 11.0 Å². The van der Waals surface area contributed by atoms with Crippen LogP contribution in [0.5, 0.6) is 0 Å².